The largest absolute Gasteiger partial charge is 0.300 e. The lowest BCUT2D eigenvalue weighted by Gasteiger charge is -2.06. The van der Waals surface area contributed by atoms with Gasteiger partial charge >= 0.3 is 0 Å². The highest BCUT2D eigenvalue weighted by Gasteiger charge is 2.06. The van der Waals surface area contributed by atoms with Gasteiger partial charge in [-0.2, -0.15) is 0 Å². The van der Waals surface area contributed by atoms with Crippen molar-refractivity contribution in [3.63, 3.8) is 0 Å². The Morgan fingerprint density at radius 1 is 1.26 bits per heavy atom. The van der Waals surface area contributed by atoms with Gasteiger partial charge in [-0.3, -0.25) is 0 Å². The Bertz CT molecular complexity index is 611. The van der Waals surface area contributed by atoms with Crippen molar-refractivity contribution in [1.82, 2.24) is 9.97 Å². The Balaban J connectivity index is 2.33. The second-order valence-corrected chi connectivity index (χ2v) is 5.44. The molecule has 0 unspecified atom stereocenters. The van der Waals surface area contributed by atoms with Crippen LogP contribution in [0, 0.1) is 6.92 Å². The number of benzene rings is 1. The zero-order valence-electron chi connectivity index (χ0n) is 11.0. The highest BCUT2D eigenvalue weighted by atomic mass is 79.9. The Morgan fingerprint density at radius 2 is 2.05 bits per heavy atom. The first kappa shape index (κ1) is 13.9. The number of halogens is 1. The van der Waals surface area contributed by atoms with E-state index in [0.717, 1.165) is 27.2 Å². The lowest BCUT2D eigenvalue weighted by atomic mass is 10.1. The molecular weight excluding hydrogens is 304 g/mol. The van der Waals surface area contributed by atoms with Crippen molar-refractivity contribution in [2.75, 3.05) is 0 Å². The van der Waals surface area contributed by atoms with E-state index in [0.29, 0.717) is 12.8 Å². The molecule has 1 aromatic heterocycles. The minimum Gasteiger partial charge on any atom is -0.300 e. The van der Waals surface area contributed by atoms with Gasteiger partial charge in [0.15, 0.2) is 0 Å². The Labute approximate surface area is 121 Å². The van der Waals surface area contributed by atoms with Crippen molar-refractivity contribution < 1.29 is 4.79 Å². The summed E-state index contributed by atoms with van der Waals surface area (Å²) in [4.78, 5) is 20.0. The van der Waals surface area contributed by atoms with E-state index in [-0.39, 0.29) is 5.78 Å². The van der Waals surface area contributed by atoms with Gasteiger partial charge < -0.3 is 4.79 Å². The monoisotopic (exact) mass is 318 g/mol. The Kier molecular flexibility index (Phi) is 4.43. The number of nitrogens with zero attached hydrogens (tertiary/aromatic N) is 2. The zero-order valence-corrected chi connectivity index (χ0v) is 12.6. The Hall–Kier alpha value is -1.55. The molecule has 4 heteroatoms. The minimum atomic E-state index is 0.161. The predicted molar refractivity (Wildman–Crippen MR) is 78.9 cm³/mol. The van der Waals surface area contributed by atoms with Crippen molar-refractivity contribution in [3.05, 3.63) is 46.3 Å². The molecule has 2 rings (SSSR count). The fourth-order valence-electron chi connectivity index (χ4n) is 1.83. The highest BCUT2D eigenvalue weighted by molar-refractivity contribution is 9.10. The maximum Gasteiger partial charge on any atom is 0.130 e. The van der Waals surface area contributed by atoms with Crippen molar-refractivity contribution in [1.29, 1.82) is 0 Å². The van der Waals surface area contributed by atoms with Crippen LogP contribution in [-0.2, 0) is 11.2 Å². The van der Waals surface area contributed by atoms with Gasteiger partial charge in [-0.1, -0.05) is 28.1 Å². The van der Waals surface area contributed by atoms with E-state index in [4.69, 9.17) is 0 Å². The van der Waals surface area contributed by atoms with E-state index in [1.165, 1.54) is 0 Å². The number of ketones is 1. The van der Waals surface area contributed by atoms with Crippen molar-refractivity contribution in [2.24, 2.45) is 0 Å². The summed E-state index contributed by atoms with van der Waals surface area (Å²) in [5.41, 5.74) is 2.86. The third kappa shape index (κ3) is 3.96. The summed E-state index contributed by atoms with van der Waals surface area (Å²) in [6, 6.07) is 9.96. The molecule has 19 heavy (non-hydrogen) atoms. The first-order chi connectivity index (χ1) is 9.04. The fraction of sp³-hybridized carbons (Fsp3) is 0.267. The van der Waals surface area contributed by atoms with E-state index in [1.807, 2.05) is 37.3 Å². The average molecular weight is 319 g/mol. The number of rotatable bonds is 4. The molecule has 0 aliphatic rings. The van der Waals surface area contributed by atoms with Crippen molar-refractivity contribution in [3.8, 4) is 11.3 Å². The molecule has 0 saturated carbocycles. The molecule has 0 saturated heterocycles. The third-order valence-electron chi connectivity index (χ3n) is 2.72. The van der Waals surface area contributed by atoms with Crippen LogP contribution in [0.2, 0.25) is 0 Å². The molecule has 0 amide bonds. The number of hydrogen-bond acceptors (Lipinski definition) is 3. The van der Waals surface area contributed by atoms with Crippen LogP contribution < -0.4 is 0 Å². The van der Waals surface area contributed by atoms with E-state index in [9.17, 15) is 4.79 Å². The fourth-order valence-corrected chi connectivity index (χ4v) is 2.22. The molecule has 0 bridgehead atoms. The van der Waals surface area contributed by atoms with Crippen LogP contribution in [0.5, 0.6) is 0 Å². The topological polar surface area (TPSA) is 42.9 Å². The molecule has 0 aliphatic heterocycles. The van der Waals surface area contributed by atoms with E-state index >= 15 is 0 Å². The number of aryl methyl sites for hydroxylation is 2. The molecule has 1 aromatic carbocycles. The maximum atomic E-state index is 11.0. The first-order valence-corrected chi connectivity index (χ1v) is 6.94. The third-order valence-corrected chi connectivity index (χ3v) is 3.21. The normalized spacial score (nSPS) is 10.5. The van der Waals surface area contributed by atoms with Gasteiger partial charge in [0.05, 0.1) is 5.69 Å². The molecule has 0 fully saturated rings. The Morgan fingerprint density at radius 3 is 2.74 bits per heavy atom. The molecule has 0 N–H and O–H groups in total. The summed E-state index contributed by atoms with van der Waals surface area (Å²) < 4.78 is 1.02. The molecule has 98 valence electrons. The van der Waals surface area contributed by atoms with Gasteiger partial charge in [0.25, 0.3) is 0 Å². The van der Waals surface area contributed by atoms with Crippen LogP contribution in [0.4, 0.5) is 0 Å². The lowest BCUT2D eigenvalue weighted by molar-refractivity contribution is -0.117. The molecule has 2 aromatic rings. The summed E-state index contributed by atoms with van der Waals surface area (Å²) >= 11 is 3.46. The maximum absolute atomic E-state index is 11.0. The van der Waals surface area contributed by atoms with Gasteiger partial charge in [-0.15, -0.1) is 0 Å². The summed E-state index contributed by atoms with van der Waals surface area (Å²) in [5.74, 6) is 0.888. The zero-order chi connectivity index (χ0) is 13.8. The molecule has 1 heterocycles. The average Bonchev–Trinajstić information content (AvgIpc) is 2.36. The molecular formula is C15H15BrN2O. The van der Waals surface area contributed by atoms with Crippen LogP contribution in [-0.4, -0.2) is 15.8 Å². The SMILES string of the molecule is CC(=O)CCc1nc(C)cc(-c2cccc(Br)c2)n1. The van der Waals surface area contributed by atoms with Gasteiger partial charge in [0.1, 0.15) is 11.6 Å². The number of hydrogen-bond donors (Lipinski definition) is 0. The number of aromatic nitrogens is 2. The quantitative estimate of drug-likeness (QED) is 0.862. The lowest BCUT2D eigenvalue weighted by Crippen LogP contribution is -2.02. The van der Waals surface area contributed by atoms with Crippen LogP contribution >= 0.6 is 15.9 Å². The number of carbonyl (C=O) groups excluding carboxylic acids is 1. The minimum absolute atomic E-state index is 0.161. The van der Waals surface area contributed by atoms with Crippen LogP contribution in [0.3, 0.4) is 0 Å². The molecule has 0 radical (unpaired) electrons. The van der Waals surface area contributed by atoms with Crippen molar-refractivity contribution in [2.45, 2.75) is 26.7 Å². The van der Waals surface area contributed by atoms with Gasteiger partial charge in [0, 0.05) is 28.6 Å². The van der Waals surface area contributed by atoms with E-state index < -0.39 is 0 Å². The second-order valence-electron chi connectivity index (χ2n) is 4.52. The van der Waals surface area contributed by atoms with Crippen LogP contribution in [0.1, 0.15) is 24.9 Å². The molecule has 0 atom stereocenters. The summed E-state index contributed by atoms with van der Waals surface area (Å²) in [6.07, 6.45) is 1.08. The number of carbonyl (C=O) groups is 1. The summed E-state index contributed by atoms with van der Waals surface area (Å²) in [6.45, 7) is 3.53. The van der Waals surface area contributed by atoms with Gasteiger partial charge in [-0.05, 0) is 32.0 Å². The van der Waals surface area contributed by atoms with Gasteiger partial charge in [-0.25, -0.2) is 9.97 Å². The highest BCUT2D eigenvalue weighted by Crippen LogP contribution is 2.22. The number of Topliss-reactive ketones (excluding diaryl/α,β-unsaturated/α-hetero) is 1. The van der Waals surface area contributed by atoms with E-state index in [2.05, 4.69) is 25.9 Å². The standard InChI is InChI=1S/C15H15BrN2O/c1-10-8-14(12-4-3-5-13(16)9-12)18-15(17-10)7-6-11(2)19/h3-5,8-9H,6-7H2,1-2H3. The predicted octanol–water partition coefficient (Wildman–Crippen LogP) is 3.74. The van der Waals surface area contributed by atoms with Crippen LogP contribution in [0.25, 0.3) is 11.3 Å². The molecule has 0 aliphatic carbocycles. The van der Waals surface area contributed by atoms with Gasteiger partial charge in [0.2, 0.25) is 0 Å². The summed E-state index contributed by atoms with van der Waals surface area (Å²) in [5, 5.41) is 0. The van der Waals surface area contributed by atoms with Crippen LogP contribution in [0.15, 0.2) is 34.8 Å². The summed E-state index contributed by atoms with van der Waals surface area (Å²) in [7, 11) is 0. The molecule has 3 nitrogen and oxygen atoms in total. The smallest absolute Gasteiger partial charge is 0.130 e. The van der Waals surface area contributed by atoms with E-state index in [1.54, 1.807) is 6.92 Å². The van der Waals surface area contributed by atoms with Crippen molar-refractivity contribution >= 4 is 21.7 Å². The molecule has 0 spiro atoms. The second kappa shape index (κ2) is 6.06. The first-order valence-electron chi connectivity index (χ1n) is 6.14.